The summed E-state index contributed by atoms with van der Waals surface area (Å²) in [6, 6.07) is 9.88. The van der Waals surface area contributed by atoms with E-state index in [1.807, 2.05) is 29.6 Å². The first-order valence-corrected chi connectivity index (χ1v) is 7.47. The van der Waals surface area contributed by atoms with E-state index in [1.54, 1.807) is 18.3 Å². The molecule has 3 nitrogen and oxygen atoms in total. The number of thiophene rings is 1. The maximum atomic E-state index is 8.62. The van der Waals surface area contributed by atoms with Crippen molar-refractivity contribution in [3.8, 4) is 5.75 Å². The van der Waals surface area contributed by atoms with Crippen LogP contribution < -0.4 is 4.74 Å². The monoisotopic (exact) mass is 339 g/mol. The number of nitrogens with zero attached hydrogens (tertiary/aromatic N) is 1. The number of benzene rings is 1. The second-order valence-electron chi connectivity index (χ2n) is 4.18. The molecule has 1 heterocycles. The van der Waals surface area contributed by atoms with Crippen molar-refractivity contribution in [3.63, 3.8) is 0 Å². The van der Waals surface area contributed by atoms with Gasteiger partial charge in [0.2, 0.25) is 0 Å². The minimum absolute atomic E-state index is 0.576. The molecule has 0 aliphatic rings. The summed E-state index contributed by atoms with van der Waals surface area (Å²) < 4.78 is 6.79. The van der Waals surface area contributed by atoms with Crippen molar-refractivity contribution in [2.45, 2.75) is 20.0 Å². The second kappa shape index (κ2) is 6.73. The van der Waals surface area contributed by atoms with Gasteiger partial charge in [0.05, 0.1) is 5.71 Å². The maximum absolute atomic E-state index is 8.62. The number of ether oxygens (including phenoxy) is 1. The average molecular weight is 340 g/mol. The Hall–Kier alpha value is -1.33. The fraction of sp³-hybridized carbons (Fsp3) is 0.214. The number of hydrogen-bond acceptors (Lipinski definition) is 4. The van der Waals surface area contributed by atoms with E-state index in [9.17, 15) is 0 Å². The van der Waals surface area contributed by atoms with Crippen molar-refractivity contribution < 1.29 is 9.94 Å². The molecule has 0 saturated carbocycles. The molecular weight excluding hydrogens is 326 g/mol. The molecule has 0 bridgehead atoms. The predicted octanol–water partition coefficient (Wildman–Crippen LogP) is 4.48. The molecule has 1 N–H and O–H groups in total. The van der Waals surface area contributed by atoms with Crippen LogP contribution in [0.1, 0.15) is 17.4 Å². The molecule has 5 heteroatoms. The Labute approximate surface area is 124 Å². The standard InChI is InChI=1S/C14H14BrNO2S/c1-10(16-17)6-11-2-4-13(5-3-11)18-8-14-7-12(15)9-19-14/h2-5,7,9,17H,6,8H2,1H3/b16-10-. The third kappa shape index (κ3) is 4.36. The van der Waals surface area contributed by atoms with Crippen LogP contribution in [0.4, 0.5) is 0 Å². The zero-order valence-electron chi connectivity index (χ0n) is 10.5. The number of oxime groups is 1. The van der Waals surface area contributed by atoms with Gasteiger partial charge in [-0.3, -0.25) is 0 Å². The largest absolute Gasteiger partial charge is 0.488 e. The second-order valence-corrected chi connectivity index (χ2v) is 6.09. The summed E-state index contributed by atoms with van der Waals surface area (Å²) in [5, 5.41) is 13.8. The normalized spacial score (nSPS) is 11.6. The summed E-state index contributed by atoms with van der Waals surface area (Å²) in [6.07, 6.45) is 0.647. The van der Waals surface area contributed by atoms with Crippen LogP contribution in [-0.2, 0) is 13.0 Å². The van der Waals surface area contributed by atoms with Crippen molar-refractivity contribution in [2.75, 3.05) is 0 Å². The van der Waals surface area contributed by atoms with Crippen LogP contribution >= 0.6 is 27.3 Å². The molecular formula is C14H14BrNO2S. The molecule has 2 rings (SSSR count). The van der Waals surface area contributed by atoms with Gasteiger partial charge in [-0.2, -0.15) is 0 Å². The van der Waals surface area contributed by atoms with Crippen molar-refractivity contribution in [3.05, 3.63) is 50.6 Å². The molecule has 100 valence electrons. The Morgan fingerprint density at radius 1 is 1.37 bits per heavy atom. The molecule has 0 fully saturated rings. The number of hydrogen-bond donors (Lipinski definition) is 1. The highest BCUT2D eigenvalue weighted by Gasteiger charge is 2.01. The summed E-state index contributed by atoms with van der Waals surface area (Å²) in [5.41, 5.74) is 1.79. The zero-order chi connectivity index (χ0) is 13.7. The van der Waals surface area contributed by atoms with Crippen LogP contribution in [-0.4, -0.2) is 10.9 Å². The Kier molecular flexibility index (Phi) is 4.99. The van der Waals surface area contributed by atoms with E-state index in [2.05, 4.69) is 27.2 Å². The molecule has 0 atom stereocenters. The summed E-state index contributed by atoms with van der Waals surface area (Å²) in [4.78, 5) is 1.18. The van der Waals surface area contributed by atoms with Gasteiger partial charge in [-0.15, -0.1) is 11.3 Å². The lowest BCUT2D eigenvalue weighted by Gasteiger charge is -2.06. The quantitative estimate of drug-likeness (QED) is 0.495. The fourth-order valence-electron chi connectivity index (χ4n) is 1.62. The summed E-state index contributed by atoms with van der Waals surface area (Å²) in [6.45, 7) is 2.37. The van der Waals surface area contributed by atoms with Crippen molar-refractivity contribution >= 4 is 33.0 Å². The Bertz CT molecular complexity index is 563. The van der Waals surface area contributed by atoms with E-state index in [4.69, 9.17) is 9.94 Å². The molecule has 1 aromatic carbocycles. The Balaban J connectivity index is 1.91. The van der Waals surface area contributed by atoms with E-state index < -0.39 is 0 Å². The van der Waals surface area contributed by atoms with E-state index in [-0.39, 0.29) is 0 Å². The minimum atomic E-state index is 0.576. The van der Waals surface area contributed by atoms with Crippen LogP contribution in [0.5, 0.6) is 5.75 Å². The lowest BCUT2D eigenvalue weighted by atomic mass is 10.1. The van der Waals surface area contributed by atoms with Crippen molar-refractivity contribution in [1.29, 1.82) is 0 Å². The average Bonchev–Trinajstić information content (AvgIpc) is 2.83. The predicted molar refractivity (Wildman–Crippen MR) is 81.4 cm³/mol. The third-order valence-corrected chi connectivity index (χ3v) is 4.23. The van der Waals surface area contributed by atoms with Crippen LogP contribution in [0, 0.1) is 0 Å². The molecule has 1 aromatic heterocycles. The van der Waals surface area contributed by atoms with Gasteiger partial charge in [0, 0.05) is 21.2 Å². The van der Waals surface area contributed by atoms with Crippen molar-refractivity contribution in [1.82, 2.24) is 0 Å². The van der Waals surface area contributed by atoms with Gasteiger partial charge in [-0.05, 0) is 46.6 Å². The smallest absolute Gasteiger partial charge is 0.122 e. The molecule has 19 heavy (non-hydrogen) atoms. The van der Waals surface area contributed by atoms with Gasteiger partial charge in [-0.25, -0.2) is 0 Å². The molecule has 0 spiro atoms. The van der Waals surface area contributed by atoms with Crippen LogP contribution in [0.3, 0.4) is 0 Å². The first kappa shape index (κ1) is 14.1. The number of rotatable bonds is 5. The highest BCUT2D eigenvalue weighted by atomic mass is 79.9. The number of halogens is 1. The van der Waals surface area contributed by atoms with Gasteiger partial charge in [-0.1, -0.05) is 17.3 Å². The van der Waals surface area contributed by atoms with Gasteiger partial charge >= 0.3 is 0 Å². The topological polar surface area (TPSA) is 41.8 Å². The van der Waals surface area contributed by atoms with Crippen LogP contribution in [0.15, 0.2) is 45.3 Å². The molecule has 0 unspecified atom stereocenters. The minimum Gasteiger partial charge on any atom is -0.488 e. The molecule has 0 radical (unpaired) electrons. The summed E-state index contributed by atoms with van der Waals surface area (Å²) >= 11 is 5.09. The van der Waals surface area contributed by atoms with E-state index in [1.165, 1.54) is 4.88 Å². The highest BCUT2D eigenvalue weighted by molar-refractivity contribution is 9.10. The maximum Gasteiger partial charge on any atom is 0.122 e. The summed E-state index contributed by atoms with van der Waals surface area (Å²) in [5.74, 6) is 0.840. The van der Waals surface area contributed by atoms with Gasteiger partial charge < -0.3 is 9.94 Å². The van der Waals surface area contributed by atoms with Gasteiger partial charge in [0.15, 0.2) is 0 Å². The molecule has 0 saturated heterocycles. The van der Waals surface area contributed by atoms with Crippen LogP contribution in [0.25, 0.3) is 0 Å². The van der Waals surface area contributed by atoms with Crippen molar-refractivity contribution in [2.24, 2.45) is 5.16 Å². The lowest BCUT2D eigenvalue weighted by molar-refractivity contribution is 0.309. The first-order valence-electron chi connectivity index (χ1n) is 5.79. The Morgan fingerprint density at radius 3 is 2.68 bits per heavy atom. The third-order valence-electron chi connectivity index (χ3n) is 2.56. The van der Waals surface area contributed by atoms with E-state index in [0.29, 0.717) is 18.7 Å². The first-order chi connectivity index (χ1) is 9.17. The van der Waals surface area contributed by atoms with E-state index in [0.717, 1.165) is 15.8 Å². The van der Waals surface area contributed by atoms with Crippen LogP contribution in [0.2, 0.25) is 0 Å². The molecule has 2 aromatic rings. The zero-order valence-corrected chi connectivity index (χ0v) is 12.9. The highest BCUT2D eigenvalue weighted by Crippen LogP contribution is 2.22. The van der Waals surface area contributed by atoms with Gasteiger partial charge in [0.1, 0.15) is 12.4 Å². The van der Waals surface area contributed by atoms with Gasteiger partial charge in [0.25, 0.3) is 0 Å². The van der Waals surface area contributed by atoms with E-state index >= 15 is 0 Å². The molecule has 0 aliphatic heterocycles. The summed E-state index contributed by atoms with van der Waals surface area (Å²) in [7, 11) is 0. The molecule has 0 aliphatic carbocycles. The lowest BCUT2D eigenvalue weighted by Crippen LogP contribution is -1.98. The molecule has 0 amide bonds. The Morgan fingerprint density at radius 2 is 2.11 bits per heavy atom. The fourth-order valence-corrected chi connectivity index (χ4v) is 2.98. The SMILES string of the molecule is C/C(Cc1ccc(OCc2cc(Br)cs2)cc1)=N/O.